The summed E-state index contributed by atoms with van der Waals surface area (Å²) in [5.74, 6) is 0. The van der Waals surface area contributed by atoms with Crippen LogP contribution in [0.25, 0.3) is 66.1 Å². The monoisotopic (exact) mass is 642 g/mol. The minimum Gasteiger partial charge on any atom is -0.398 e. The van der Waals surface area contributed by atoms with E-state index in [0.29, 0.717) is 12.4 Å². The van der Waals surface area contributed by atoms with Gasteiger partial charge in [-0.2, -0.15) is 0 Å². The molecule has 4 nitrogen and oxygen atoms in total. The Bertz CT molecular complexity index is 2720. The van der Waals surface area contributed by atoms with Gasteiger partial charge >= 0.3 is 0 Å². The Kier molecular flexibility index (Phi) is 7.33. The van der Waals surface area contributed by atoms with Crippen molar-refractivity contribution in [3.63, 3.8) is 0 Å². The minimum atomic E-state index is 0.455. The van der Waals surface area contributed by atoms with E-state index >= 15 is 0 Å². The van der Waals surface area contributed by atoms with Gasteiger partial charge in [0.2, 0.25) is 0 Å². The van der Waals surface area contributed by atoms with Crippen molar-refractivity contribution in [1.82, 2.24) is 9.13 Å². The molecule has 2 aromatic heterocycles. The summed E-state index contributed by atoms with van der Waals surface area (Å²) in [5.41, 5.74) is 18.4. The molecule has 0 amide bonds. The maximum atomic E-state index is 6.60. The minimum absolute atomic E-state index is 0.455. The van der Waals surface area contributed by atoms with Gasteiger partial charge in [-0.05, 0) is 76.9 Å². The molecule has 0 radical (unpaired) electrons. The van der Waals surface area contributed by atoms with Crippen LogP contribution in [-0.4, -0.2) is 14.8 Å². The lowest BCUT2D eigenvalue weighted by molar-refractivity contribution is 0.793. The first-order chi connectivity index (χ1) is 24.7. The fourth-order valence-electron chi connectivity index (χ4n) is 7.23. The summed E-state index contributed by atoms with van der Waals surface area (Å²) in [4.78, 5) is 5.19. The smallest absolute Gasteiger partial charge is 0.115 e. The van der Waals surface area contributed by atoms with Gasteiger partial charge in [-0.3, -0.25) is 4.99 Å². The van der Waals surface area contributed by atoms with E-state index in [2.05, 4.69) is 137 Å². The molecule has 2 heterocycles. The molecule has 9 aromatic rings. The Balaban J connectivity index is 1.15. The normalized spacial score (nSPS) is 12.4. The van der Waals surface area contributed by atoms with E-state index in [0.717, 1.165) is 33.6 Å². The van der Waals surface area contributed by atoms with E-state index in [4.69, 9.17) is 10.7 Å². The van der Waals surface area contributed by atoms with Gasteiger partial charge in [-0.15, -0.1) is 0 Å². The van der Waals surface area contributed by atoms with Gasteiger partial charge in [0.05, 0.1) is 27.8 Å². The van der Waals surface area contributed by atoms with Crippen LogP contribution in [0.15, 0.2) is 187 Å². The summed E-state index contributed by atoms with van der Waals surface area (Å²) in [6, 6.07) is 61.9. The highest BCUT2D eigenvalue weighted by molar-refractivity contribution is 6.13. The predicted octanol–water partition coefficient (Wildman–Crippen LogP) is 11.0. The summed E-state index contributed by atoms with van der Waals surface area (Å²) in [5, 5.41) is 4.91. The molecule has 0 bridgehead atoms. The van der Waals surface area contributed by atoms with Crippen molar-refractivity contribution in [3.8, 4) is 16.8 Å². The van der Waals surface area contributed by atoms with E-state index < -0.39 is 0 Å². The number of aromatic nitrogens is 2. The number of rotatable bonds is 7. The number of para-hydroxylation sites is 3. The van der Waals surface area contributed by atoms with Gasteiger partial charge in [0, 0.05) is 32.9 Å². The molecule has 4 heteroatoms. The van der Waals surface area contributed by atoms with Gasteiger partial charge in [0.1, 0.15) is 6.67 Å². The van der Waals surface area contributed by atoms with Crippen LogP contribution in [0, 0.1) is 0 Å². The first-order valence-corrected chi connectivity index (χ1v) is 17.0. The van der Waals surface area contributed by atoms with E-state index in [1.54, 1.807) is 0 Å². The van der Waals surface area contributed by atoms with Crippen LogP contribution in [-0.2, 0) is 6.67 Å². The second-order valence-corrected chi connectivity index (χ2v) is 12.6. The lowest BCUT2D eigenvalue weighted by Crippen LogP contribution is -2.06. The molecule has 2 N–H and O–H groups in total. The molecule has 0 unspecified atom stereocenters. The lowest BCUT2D eigenvalue weighted by Gasteiger charge is -2.09. The van der Waals surface area contributed by atoms with E-state index in [1.165, 1.54) is 43.7 Å². The third-order valence-corrected chi connectivity index (χ3v) is 9.64. The highest BCUT2D eigenvalue weighted by Crippen LogP contribution is 2.37. The van der Waals surface area contributed by atoms with Crippen LogP contribution in [0.4, 0.5) is 0 Å². The number of fused-ring (bicyclic) bond motifs is 6. The molecule has 0 saturated heterocycles. The first-order valence-electron chi connectivity index (χ1n) is 17.0. The lowest BCUT2D eigenvalue weighted by atomic mass is 10.0. The third kappa shape index (κ3) is 5.15. The number of hydrogen-bond acceptors (Lipinski definition) is 2. The van der Waals surface area contributed by atoms with Crippen molar-refractivity contribution in [2.24, 2.45) is 10.7 Å². The first kappa shape index (κ1) is 29.5. The molecule has 50 heavy (non-hydrogen) atoms. The number of nitrogens with two attached hydrogens (primary N) is 1. The average Bonchev–Trinajstić information content (AvgIpc) is 3.69. The van der Waals surface area contributed by atoms with Crippen molar-refractivity contribution in [2.75, 3.05) is 0 Å². The Morgan fingerprint density at radius 2 is 0.960 bits per heavy atom. The zero-order chi connectivity index (χ0) is 33.4. The molecule has 0 spiro atoms. The summed E-state index contributed by atoms with van der Waals surface area (Å²) < 4.78 is 4.67. The molecule has 0 saturated carbocycles. The molecule has 238 valence electrons. The van der Waals surface area contributed by atoms with Crippen LogP contribution in [0.2, 0.25) is 0 Å². The Morgan fingerprint density at radius 3 is 1.64 bits per heavy atom. The number of aliphatic imine (C=N–C) groups is 1. The van der Waals surface area contributed by atoms with Gasteiger partial charge in [0.15, 0.2) is 0 Å². The second-order valence-electron chi connectivity index (χ2n) is 12.6. The molecule has 0 atom stereocenters. The van der Waals surface area contributed by atoms with Crippen molar-refractivity contribution in [3.05, 3.63) is 193 Å². The van der Waals surface area contributed by atoms with E-state index in [-0.39, 0.29) is 0 Å². The van der Waals surface area contributed by atoms with Gasteiger partial charge < -0.3 is 14.9 Å². The van der Waals surface area contributed by atoms with E-state index in [9.17, 15) is 0 Å². The molecule has 7 aromatic carbocycles. The highest BCUT2D eigenvalue weighted by atomic mass is 15.1. The molecule has 9 rings (SSSR count). The fraction of sp³-hybridized carbons (Fsp3) is 0.0217. The van der Waals surface area contributed by atoms with Crippen molar-refractivity contribution < 1.29 is 0 Å². The Hall–Kier alpha value is -6.65. The van der Waals surface area contributed by atoms with Crippen LogP contribution in [0.3, 0.4) is 0 Å². The Labute approximate surface area is 290 Å². The van der Waals surface area contributed by atoms with Crippen LogP contribution in [0.5, 0.6) is 0 Å². The zero-order valence-corrected chi connectivity index (χ0v) is 27.4. The molecular formula is C46H34N4. The summed E-state index contributed by atoms with van der Waals surface area (Å²) in [7, 11) is 0. The molecule has 0 fully saturated rings. The van der Waals surface area contributed by atoms with Crippen molar-refractivity contribution >= 4 is 55.0 Å². The summed E-state index contributed by atoms with van der Waals surface area (Å²) in [6.07, 6.45) is 1.99. The quantitative estimate of drug-likeness (QED) is 0.173. The number of benzene rings is 7. The van der Waals surface area contributed by atoms with Crippen LogP contribution >= 0.6 is 0 Å². The maximum Gasteiger partial charge on any atom is 0.115 e. The molecule has 0 aliphatic rings. The standard InChI is InChI=1S/C46H34N4/c47-41(32-14-4-1-5-15-32)30-42(33-16-6-2-7-17-33)48-31-49-43-22-12-10-20-37(43)39-28-34(24-26-44(39)49)35-25-27-46-40(29-35)38-21-11-13-23-45(38)50(46)36-18-8-3-9-19-36/h1-30H,31,47H2/b41-30-,48-42+. The Morgan fingerprint density at radius 1 is 0.480 bits per heavy atom. The van der Waals surface area contributed by atoms with Crippen molar-refractivity contribution in [1.29, 1.82) is 0 Å². The second kappa shape index (κ2) is 12.4. The topological polar surface area (TPSA) is 48.2 Å². The van der Waals surface area contributed by atoms with Crippen molar-refractivity contribution in [2.45, 2.75) is 6.67 Å². The van der Waals surface area contributed by atoms with Gasteiger partial charge in [-0.1, -0.05) is 127 Å². The third-order valence-electron chi connectivity index (χ3n) is 9.64. The van der Waals surface area contributed by atoms with Gasteiger partial charge in [-0.25, -0.2) is 0 Å². The molecule has 0 aliphatic heterocycles. The number of allylic oxidation sites excluding steroid dienone is 1. The highest BCUT2D eigenvalue weighted by Gasteiger charge is 2.15. The zero-order valence-electron chi connectivity index (χ0n) is 27.4. The summed E-state index contributed by atoms with van der Waals surface area (Å²) >= 11 is 0. The predicted molar refractivity (Wildman–Crippen MR) is 211 cm³/mol. The largest absolute Gasteiger partial charge is 0.398 e. The molecular weight excluding hydrogens is 609 g/mol. The van der Waals surface area contributed by atoms with Crippen LogP contribution < -0.4 is 5.73 Å². The average molecular weight is 643 g/mol. The van der Waals surface area contributed by atoms with Gasteiger partial charge in [0.25, 0.3) is 0 Å². The summed E-state index contributed by atoms with van der Waals surface area (Å²) in [6.45, 7) is 0.455. The van der Waals surface area contributed by atoms with Crippen LogP contribution in [0.1, 0.15) is 11.1 Å². The number of nitrogens with zero attached hydrogens (tertiary/aromatic N) is 3. The number of hydrogen-bond donors (Lipinski definition) is 1. The fourth-order valence-corrected chi connectivity index (χ4v) is 7.23. The molecule has 0 aliphatic carbocycles. The SMILES string of the molecule is N/C(=C\C(=N/Cn1c2ccccc2c2cc(-c3ccc4c(c3)c3ccccc3n4-c3ccccc3)ccc21)c1ccccc1)c1ccccc1. The van der Waals surface area contributed by atoms with E-state index in [1.807, 2.05) is 54.6 Å². The maximum absolute atomic E-state index is 6.60.